The Kier molecular flexibility index (Phi) is 5.22. The summed E-state index contributed by atoms with van der Waals surface area (Å²) in [7, 11) is 0. The summed E-state index contributed by atoms with van der Waals surface area (Å²) in [6.45, 7) is 4.35. The second-order valence-corrected chi connectivity index (χ2v) is 6.22. The van der Waals surface area contributed by atoms with E-state index in [9.17, 15) is 4.79 Å². The Morgan fingerprint density at radius 2 is 2.30 bits per heavy atom. The number of likely N-dealkylation sites (tertiary alicyclic amines) is 1. The third-order valence-corrected chi connectivity index (χ3v) is 4.75. The maximum atomic E-state index is 12.6. The molecule has 1 fully saturated rings. The molecular weight excluding hydrogens is 270 g/mol. The van der Waals surface area contributed by atoms with E-state index in [0.29, 0.717) is 18.5 Å². The second-order valence-electron chi connectivity index (χ2n) is 5.14. The van der Waals surface area contributed by atoms with Crippen molar-refractivity contribution >= 4 is 17.2 Å². The molecule has 0 aromatic carbocycles. The van der Waals surface area contributed by atoms with Gasteiger partial charge < -0.3 is 10.0 Å². The summed E-state index contributed by atoms with van der Waals surface area (Å²) < 4.78 is 0. The SMILES string of the molecule is CCC1CCC(C)N1C(=O)c1ccc(C#CCCO)s1. The zero-order valence-electron chi connectivity index (χ0n) is 12.1. The molecule has 3 nitrogen and oxygen atoms in total. The zero-order valence-corrected chi connectivity index (χ0v) is 12.9. The molecule has 2 unspecified atom stereocenters. The van der Waals surface area contributed by atoms with Gasteiger partial charge in [0.1, 0.15) is 0 Å². The van der Waals surface area contributed by atoms with Crippen molar-refractivity contribution in [2.75, 3.05) is 6.61 Å². The van der Waals surface area contributed by atoms with Crippen LogP contribution in [0.15, 0.2) is 12.1 Å². The molecule has 1 saturated heterocycles. The number of amides is 1. The molecule has 2 rings (SSSR count). The van der Waals surface area contributed by atoms with E-state index in [1.54, 1.807) is 0 Å². The highest BCUT2D eigenvalue weighted by Crippen LogP contribution is 2.29. The van der Waals surface area contributed by atoms with E-state index in [2.05, 4.69) is 25.7 Å². The first-order valence-electron chi connectivity index (χ1n) is 7.19. The van der Waals surface area contributed by atoms with E-state index in [4.69, 9.17) is 5.11 Å². The Hall–Kier alpha value is -1.31. The van der Waals surface area contributed by atoms with Crippen molar-refractivity contribution in [3.63, 3.8) is 0 Å². The van der Waals surface area contributed by atoms with Crippen LogP contribution >= 0.6 is 11.3 Å². The maximum absolute atomic E-state index is 12.6. The van der Waals surface area contributed by atoms with Gasteiger partial charge in [-0.15, -0.1) is 11.3 Å². The quantitative estimate of drug-likeness (QED) is 0.870. The number of carbonyl (C=O) groups excluding carboxylic acids is 1. The van der Waals surface area contributed by atoms with Gasteiger partial charge in [0.2, 0.25) is 0 Å². The number of thiophene rings is 1. The fourth-order valence-electron chi connectivity index (χ4n) is 2.69. The molecule has 4 heteroatoms. The molecule has 0 saturated carbocycles. The van der Waals surface area contributed by atoms with Gasteiger partial charge in [-0.1, -0.05) is 18.8 Å². The lowest BCUT2D eigenvalue weighted by Crippen LogP contribution is -2.39. The molecule has 1 N–H and O–H groups in total. The summed E-state index contributed by atoms with van der Waals surface area (Å²) in [6, 6.07) is 4.47. The normalized spacial score (nSPS) is 21.6. The van der Waals surface area contributed by atoms with Crippen LogP contribution in [-0.4, -0.2) is 34.6 Å². The topological polar surface area (TPSA) is 40.5 Å². The third-order valence-electron chi connectivity index (χ3n) is 3.76. The Morgan fingerprint density at radius 1 is 1.50 bits per heavy atom. The molecule has 0 radical (unpaired) electrons. The van der Waals surface area contributed by atoms with Gasteiger partial charge in [0.05, 0.1) is 16.4 Å². The van der Waals surface area contributed by atoms with Crippen LogP contribution in [-0.2, 0) is 0 Å². The van der Waals surface area contributed by atoms with Crippen molar-refractivity contribution in [3.8, 4) is 11.8 Å². The van der Waals surface area contributed by atoms with Crippen molar-refractivity contribution < 1.29 is 9.90 Å². The largest absolute Gasteiger partial charge is 0.395 e. The van der Waals surface area contributed by atoms with Crippen LogP contribution in [0.2, 0.25) is 0 Å². The molecule has 20 heavy (non-hydrogen) atoms. The minimum atomic E-state index is 0.0770. The average molecular weight is 291 g/mol. The molecule has 0 bridgehead atoms. The van der Waals surface area contributed by atoms with Crippen molar-refractivity contribution in [3.05, 3.63) is 21.9 Å². The van der Waals surface area contributed by atoms with E-state index in [0.717, 1.165) is 29.0 Å². The summed E-state index contributed by atoms with van der Waals surface area (Å²) in [5.41, 5.74) is 0. The first-order valence-corrected chi connectivity index (χ1v) is 8.01. The molecule has 1 aliphatic heterocycles. The first kappa shape index (κ1) is 15.1. The van der Waals surface area contributed by atoms with Crippen LogP contribution < -0.4 is 0 Å². The molecule has 2 heterocycles. The molecular formula is C16H21NO2S. The standard InChI is InChI=1S/C16H21NO2S/c1-3-13-8-7-12(2)17(13)16(19)15-10-9-14(20-15)6-4-5-11-18/h9-10,12-13,18H,3,5,7-8,11H2,1-2H3. The molecule has 108 valence electrons. The van der Waals surface area contributed by atoms with Crippen LogP contribution in [0.3, 0.4) is 0 Å². The van der Waals surface area contributed by atoms with Gasteiger partial charge >= 0.3 is 0 Å². The molecule has 1 aromatic rings. The highest BCUT2D eigenvalue weighted by Gasteiger charge is 2.34. The average Bonchev–Trinajstić information content (AvgIpc) is 3.05. The Balaban J connectivity index is 2.12. The number of hydrogen-bond donors (Lipinski definition) is 1. The Bertz CT molecular complexity index is 526. The minimum absolute atomic E-state index is 0.0770. The van der Waals surface area contributed by atoms with E-state index >= 15 is 0 Å². The Labute approximate surface area is 124 Å². The van der Waals surface area contributed by atoms with Gasteiger partial charge in [0, 0.05) is 18.5 Å². The van der Waals surface area contributed by atoms with E-state index in [-0.39, 0.29) is 12.5 Å². The lowest BCUT2D eigenvalue weighted by Gasteiger charge is -2.27. The van der Waals surface area contributed by atoms with E-state index in [1.165, 1.54) is 11.3 Å². The van der Waals surface area contributed by atoms with E-state index in [1.807, 2.05) is 17.0 Å². The molecule has 0 aliphatic carbocycles. The predicted octanol–water partition coefficient (Wildman–Crippen LogP) is 2.89. The fraction of sp³-hybridized carbons (Fsp3) is 0.562. The van der Waals surface area contributed by atoms with Gasteiger partial charge in [0.15, 0.2) is 0 Å². The first-order chi connectivity index (χ1) is 9.67. The number of aliphatic hydroxyl groups is 1. The molecule has 1 amide bonds. The van der Waals surface area contributed by atoms with Crippen LogP contribution in [0.4, 0.5) is 0 Å². The molecule has 1 aliphatic rings. The van der Waals surface area contributed by atoms with Crippen molar-refractivity contribution in [2.45, 2.75) is 51.6 Å². The summed E-state index contributed by atoms with van der Waals surface area (Å²) in [6.07, 6.45) is 3.70. The zero-order chi connectivity index (χ0) is 14.5. The van der Waals surface area contributed by atoms with Crippen LogP contribution in [0.1, 0.15) is 54.1 Å². The summed E-state index contributed by atoms with van der Waals surface area (Å²) in [5.74, 6) is 6.01. The summed E-state index contributed by atoms with van der Waals surface area (Å²) in [4.78, 5) is 16.3. The van der Waals surface area contributed by atoms with Gasteiger partial charge in [-0.05, 0) is 38.3 Å². The van der Waals surface area contributed by atoms with Gasteiger partial charge in [-0.2, -0.15) is 0 Å². The smallest absolute Gasteiger partial charge is 0.264 e. The monoisotopic (exact) mass is 291 g/mol. The molecule has 1 aromatic heterocycles. The van der Waals surface area contributed by atoms with Crippen LogP contribution in [0, 0.1) is 11.8 Å². The van der Waals surface area contributed by atoms with Crippen molar-refractivity contribution in [1.29, 1.82) is 0 Å². The number of nitrogens with zero attached hydrogens (tertiary/aromatic N) is 1. The number of aliphatic hydroxyl groups excluding tert-OH is 1. The predicted molar refractivity (Wildman–Crippen MR) is 81.8 cm³/mol. The van der Waals surface area contributed by atoms with Gasteiger partial charge in [-0.25, -0.2) is 0 Å². The maximum Gasteiger partial charge on any atom is 0.264 e. The number of carbonyl (C=O) groups is 1. The Morgan fingerprint density at radius 3 is 3.00 bits per heavy atom. The summed E-state index contributed by atoms with van der Waals surface area (Å²) in [5, 5.41) is 8.71. The molecule has 0 spiro atoms. The molecule has 2 atom stereocenters. The number of hydrogen-bond acceptors (Lipinski definition) is 3. The second kappa shape index (κ2) is 6.92. The van der Waals surface area contributed by atoms with Crippen molar-refractivity contribution in [2.24, 2.45) is 0 Å². The van der Waals surface area contributed by atoms with Gasteiger partial charge in [-0.3, -0.25) is 4.79 Å². The lowest BCUT2D eigenvalue weighted by molar-refractivity contribution is 0.0681. The van der Waals surface area contributed by atoms with Crippen LogP contribution in [0.25, 0.3) is 0 Å². The fourth-order valence-corrected chi connectivity index (χ4v) is 3.52. The summed E-state index contributed by atoms with van der Waals surface area (Å²) >= 11 is 1.45. The third kappa shape index (κ3) is 3.23. The highest BCUT2D eigenvalue weighted by molar-refractivity contribution is 7.14. The van der Waals surface area contributed by atoms with Gasteiger partial charge in [0.25, 0.3) is 5.91 Å². The minimum Gasteiger partial charge on any atom is -0.395 e. The van der Waals surface area contributed by atoms with Crippen LogP contribution in [0.5, 0.6) is 0 Å². The van der Waals surface area contributed by atoms with E-state index < -0.39 is 0 Å². The number of rotatable bonds is 3. The highest BCUT2D eigenvalue weighted by atomic mass is 32.1. The lowest BCUT2D eigenvalue weighted by atomic mass is 10.1. The van der Waals surface area contributed by atoms with Crippen molar-refractivity contribution in [1.82, 2.24) is 4.90 Å².